The van der Waals surface area contributed by atoms with Gasteiger partial charge in [-0.25, -0.2) is 0 Å². The summed E-state index contributed by atoms with van der Waals surface area (Å²) in [5.74, 6) is 0. The number of benzene rings is 11. The Bertz CT molecular complexity index is 3740. The lowest BCUT2D eigenvalue weighted by Crippen LogP contribution is -2.28. The zero-order valence-corrected chi connectivity index (χ0v) is 36.7. The molecule has 0 bridgehead atoms. The van der Waals surface area contributed by atoms with Crippen molar-refractivity contribution in [3.63, 3.8) is 0 Å². The van der Waals surface area contributed by atoms with Gasteiger partial charge < -0.3 is 9.32 Å². The summed E-state index contributed by atoms with van der Waals surface area (Å²) in [5.41, 5.74) is 18.7. The fourth-order valence-electron chi connectivity index (χ4n) is 11.0. The molecule has 0 saturated heterocycles. The van der Waals surface area contributed by atoms with E-state index in [9.17, 15) is 0 Å². The van der Waals surface area contributed by atoms with Crippen molar-refractivity contribution in [1.29, 1.82) is 0 Å². The largest absolute Gasteiger partial charge is 0.455 e. The van der Waals surface area contributed by atoms with Crippen molar-refractivity contribution in [3.05, 3.63) is 283 Å². The first-order chi connectivity index (χ1) is 33.3. The number of anilines is 3. The third-order valence-corrected chi connectivity index (χ3v) is 13.9. The van der Waals surface area contributed by atoms with Crippen LogP contribution in [0.5, 0.6) is 0 Å². The van der Waals surface area contributed by atoms with Crippen LogP contribution in [0.4, 0.5) is 17.1 Å². The van der Waals surface area contributed by atoms with E-state index in [0.717, 1.165) is 72.0 Å². The van der Waals surface area contributed by atoms with Gasteiger partial charge in [-0.15, -0.1) is 0 Å². The number of nitrogens with zero attached hydrogens (tertiary/aromatic N) is 1. The fraction of sp³-hybridized carbons (Fsp3) is 0.0154. The molecule has 0 spiro atoms. The summed E-state index contributed by atoms with van der Waals surface area (Å²) in [6.45, 7) is 0. The van der Waals surface area contributed by atoms with Gasteiger partial charge in [-0.05, 0) is 103 Å². The minimum Gasteiger partial charge on any atom is -0.455 e. The molecule has 0 amide bonds. The standard InChI is InChI=1S/C65H43NO/c1-5-20-44(21-6-1)45-36-38-47(39-37-45)62-53-30-14-13-24-48(53)42-56-63-60(34-19-35-61(63)67-64(56)62)66(59-33-18-16-29-52(59)46-22-7-2-8-23-46)51-40-41-55-54-31-15-17-32-57(54)65(58(55)43-51,49-25-9-3-10-26-49)50-27-11-4-12-28-50/h1-43H. The molecule has 0 atom stereocenters. The molecule has 2 nitrogen and oxygen atoms in total. The first-order valence-electron chi connectivity index (χ1n) is 23.1. The average molecular weight is 854 g/mol. The van der Waals surface area contributed by atoms with Crippen LogP contribution >= 0.6 is 0 Å². The van der Waals surface area contributed by atoms with Crippen molar-refractivity contribution in [3.8, 4) is 44.5 Å². The van der Waals surface area contributed by atoms with Crippen LogP contribution in [0.3, 0.4) is 0 Å². The molecule has 13 rings (SSSR count). The quantitative estimate of drug-likeness (QED) is 0.151. The van der Waals surface area contributed by atoms with E-state index in [0.29, 0.717) is 0 Å². The van der Waals surface area contributed by atoms with Crippen molar-refractivity contribution in [2.75, 3.05) is 4.90 Å². The lowest BCUT2D eigenvalue weighted by molar-refractivity contribution is 0.670. The van der Waals surface area contributed by atoms with E-state index in [2.05, 4.69) is 266 Å². The Labute approximate surface area is 390 Å². The number of hydrogen-bond acceptors (Lipinski definition) is 2. The first kappa shape index (κ1) is 38.7. The second-order valence-electron chi connectivity index (χ2n) is 17.5. The van der Waals surface area contributed by atoms with Crippen LogP contribution in [0.1, 0.15) is 22.3 Å². The van der Waals surface area contributed by atoms with Gasteiger partial charge in [0, 0.05) is 22.2 Å². The monoisotopic (exact) mass is 853 g/mol. The van der Waals surface area contributed by atoms with Gasteiger partial charge in [-0.1, -0.05) is 224 Å². The zero-order chi connectivity index (χ0) is 44.3. The lowest BCUT2D eigenvalue weighted by Gasteiger charge is -2.35. The van der Waals surface area contributed by atoms with Crippen molar-refractivity contribution >= 4 is 49.8 Å². The Morgan fingerprint density at radius 1 is 0.343 bits per heavy atom. The second kappa shape index (κ2) is 15.8. The molecule has 1 aliphatic carbocycles. The fourth-order valence-corrected chi connectivity index (χ4v) is 11.0. The molecule has 1 aromatic heterocycles. The molecule has 1 heterocycles. The summed E-state index contributed by atoms with van der Waals surface area (Å²) >= 11 is 0. The van der Waals surface area contributed by atoms with E-state index >= 15 is 0 Å². The molecule has 0 N–H and O–H groups in total. The van der Waals surface area contributed by atoms with Crippen molar-refractivity contribution < 1.29 is 4.42 Å². The van der Waals surface area contributed by atoms with Crippen LogP contribution in [0.2, 0.25) is 0 Å². The highest BCUT2D eigenvalue weighted by atomic mass is 16.3. The van der Waals surface area contributed by atoms with Crippen LogP contribution < -0.4 is 4.90 Å². The minimum atomic E-state index is -0.562. The molecule has 0 saturated carbocycles. The Hall–Kier alpha value is -8.72. The average Bonchev–Trinajstić information content (AvgIpc) is 3.93. The van der Waals surface area contributed by atoms with Gasteiger partial charge in [0.05, 0.1) is 22.2 Å². The van der Waals surface area contributed by atoms with E-state index in [4.69, 9.17) is 4.42 Å². The highest BCUT2D eigenvalue weighted by Crippen LogP contribution is 2.58. The molecule has 67 heavy (non-hydrogen) atoms. The summed E-state index contributed by atoms with van der Waals surface area (Å²) in [6.07, 6.45) is 0. The van der Waals surface area contributed by atoms with Gasteiger partial charge in [0.2, 0.25) is 0 Å². The molecule has 11 aromatic carbocycles. The Morgan fingerprint density at radius 2 is 0.896 bits per heavy atom. The van der Waals surface area contributed by atoms with Crippen LogP contribution in [0.15, 0.2) is 265 Å². The maximum atomic E-state index is 7.18. The number of furan rings is 1. The van der Waals surface area contributed by atoms with Crippen LogP contribution in [-0.2, 0) is 5.41 Å². The van der Waals surface area contributed by atoms with E-state index in [1.54, 1.807) is 0 Å². The summed E-state index contributed by atoms with van der Waals surface area (Å²) in [4.78, 5) is 2.48. The van der Waals surface area contributed by atoms with E-state index < -0.39 is 5.41 Å². The first-order valence-corrected chi connectivity index (χ1v) is 23.1. The summed E-state index contributed by atoms with van der Waals surface area (Å²) in [6, 6.07) is 94.9. The topological polar surface area (TPSA) is 16.4 Å². The molecular weight excluding hydrogens is 811 g/mol. The van der Waals surface area contributed by atoms with Crippen LogP contribution in [0, 0.1) is 0 Å². The molecule has 0 radical (unpaired) electrons. The maximum Gasteiger partial charge on any atom is 0.143 e. The van der Waals surface area contributed by atoms with Gasteiger partial charge in [0.1, 0.15) is 11.2 Å². The summed E-state index contributed by atoms with van der Waals surface area (Å²) in [7, 11) is 0. The smallest absolute Gasteiger partial charge is 0.143 e. The minimum absolute atomic E-state index is 0.562. The predicted molar refractivity (Wildman–Crippen MR) is 280 cm³/mol. The molecule has 2 heteroatoms. The summed E-state index contributed by atoms with van der Waals surface area (Å²) < 4.78 is 7.18. The third kappa shape index (κ3) is 6.11. The summed E-state index contributed by atoms with van der Waals surface area (Å²) in [5, 5.41) is 4.46. The van der Waals surface area contributed by atoms with Crippen LogP contribution in [-0.4, -0.2) is 0 Å². The van der Waals surface area contributed by atoms with Crippen molar-refractivity contribution in [2.24, 2.45) is 0 Å². The number of hydrogen-bond donors (Lipinski definition) is 0. The molecule has 12 aromatic rings. The molecule has 0 aliphatic heterocycles. The van der Waals surface area contributed by atoms with Gasteiger partial charge in [0.25, 0.3) is 0 Å². The van der Waals surface area contributed by atoms with Gasteiger partial charge in [-0.3, -0.25) is 0 Å². The molecule has 0 unspecified atom stereocenters. The van der Waals surface area contributed by atoms with Crippen molar-refractivity contribution in [2.45, 2.75) is 5.41 Å². The molecule has 314 valence electrons. The predicted octanol–water partition coefficient (Wildman–Crippen LogP) is 17.6. The Balaban J connectivity index is 1.10. The molecule has 1 aliphatic rings. The van der Waals surface area contributed by atoms with E-state index in [1.807, 2.05) is 0 Å². The van der Waals surface area contributed by atoms with E-state index in [-0.39, 0.29) is 0 Å². The highest BCUT2D eigenvalue weighted by molar-refractivity contribution is 6.22. The Kier molecular flexibility index (Phi) is 9.11. The van der Waals surface area contributed by atoms with Gasteiger partial charge in [0.15, 0.2) is 0 Å². The molecule has 0 fully saturated rings. The van der Waals surface area contributed by atoms with Gasteiger partial charge >= 0.3 is 0 Å². The normalized spacial score (nSPS) is 12.6. The van der Waals surface area contributed by atoms with Gasteiger partial charge in [-0.2, -0.15) is 0 Å². The third-order valence-electron chi connectivity index (χ3n) is 13.9. The maximum absolute atomic E-state index is 7.18. The second-order valence-corrected chi connectivity index (χ2v) is 17.5. The van der Waals surface area contributed by atoms with Crippen LogP contribution in [0.25, 0.3) is 77.2 Å². The lowest BCUT2D eigenvalue weighted by atomic mass is 9.67. The SMILES string of the molecule is c1ccc(-c2ccc(-c3c4ccccc4cc4c3oc3cccc(N(c5ccc6c(c5)C(c5ccccc5)(c5ccccc5)c5ccccc5-6)c5ccccc5-c5ccccc5)c34)cc2)cc1. The number of para-hydroxylation sites is 1. The number of rotatable bonds is 8. The highest BCUT2D eigenvalue weighted by Gasteiger charge is 2.46. The Morgan fingerprint density at radius 3 is 1.63 bits per heavy atom. The number of fused-ring (bicyclic) bond motifs is 7. The zero-order valence-electron chi connectivity index (χ0n) is 36.7. The van der Waals surface area contributed by atoms with Crippen molar-refractivity contribution in [1.82, 2.24) is 0 Å². The van der Waals surface area contributed by atoms with E-state index in [1.165, 1.54) is 44.5 Å². The molecular formula is C65H43NO.